The molecule has 0 aliphatic rings. The van der Waals surface area contributed by atoms with Crippen LogP contribution < -0.4 is 5.32 Å². The number of rotatable bonds is 10. The van der Waals surface area contributed by atoms with E-state index in [2.05, 4.69) is 5.32 Å². The molecule has 0 bridgehead atoms. The van der Waals surface area contributed by atoms with Gasteiger partial charge in [0.1, 0.15) is 6.04 Å². The number of hydrogen-bond donors (Lipinski definition) is 1. The van der Waals surface area contributed by atoms with Crippen molar-refractivity contribution in [2.24, 2.45) is 0 Å². The lowest BCUT2D eigenvalue weighted by Crippen LogP contribution is -2.49. The van der Waals surface area contributed by atoms with Gasteiger partial charge in [-0.05, 0) is 30.5 Å². The molecule has 2 aromatic rings. The maximum atomic E-state index is 13.0. The average molecular weight is 385 g/mol. The molecule has 0 aliphatic heterocycles. The van der Waals surface area contributed by atoms with Gasteiger partial charge in [-0.15, -0.1) is 11.8 Å². The molecule has 0 aliphatic carbocycles. The zero-order chi connectivity index (χ0) is 19.5. The van der Waals surface area contributed by atoms with Gasteiger partial charge in [-0.2, -0.15) is 0 Å². The van der Waals surface area contributed by atoms with Crippen LogP contribution in [-0.4, -0.2) is 35.1 Å². The highest BCUT2D eigenvalue weighted by molar-refractivity contribution is 8.00. The molecule has 0 heterocycles. The van der Waals surface area contributed by atoms with Crippen LogP contribution in [0.2, 0.25) is 0 Å². The Labute approximate surface area is 166 Å². The largest absolute Gasteiger partial charge is 0.354 e. The van der Waals surface area contributed by atoms with Crippen LogP contribution in [0.25, 0.3) is 0 Å². The van der Waals surface area contributed by atoms with Crippen molar-refractivity contribution >= 4 is 23.6 Å². The standard InChI is InChI=1S/C22H28N2O2S/c1-3-15-23-22(26)20(4-2)24(16-18-11-7-5-8-12-18)21(25)17-27-19-13-9-6-10-14-19/h5-14,20H,3-4,15-17H2,1-2H3,(H,23,26)/t20-/m1/s1. The minimum Gasteiger partial charge on any atom is -0.354 e. The molecule has 0 unspecified atom stereocenters. The van der Waals surface area contributed by atoms with Gasteiger partial charge >= 0.3 is 0 Å². The van der Waals surface area contributed by atoms with Crippen molar-refractivity contribution in [3.63, 3.8) is 0 Å². The van der Waals surface area contributed by atoms with Crippen LogP contribution in [0, 0.1) is 0 Å². The molecule has 0 aromatic heterocycles. The van der Waals surface area contributed by atoms with E-state index in [1.54, 1.807) is 4.90 Å². The van der Waals surface area contributed by atoms with Gasteiger partial charge in [0.05, 0.1) is 5.75 Å². The molecule has 144 valence electrons. The van der Waals surface area contributed by atoms with Crippen molar-refractivity contribution < 1.29 is 9.59 Å². The summed E-state index contributed by atoms with van der Waals surface area (Å²) in [4.78, 5) is 28.4. The van der Waals surface area contributed by atoms with Crippen LogP contribution in [0.4, 0.5) is 0 Å². The molecular weight excluding hydrogens is 356 g/mol. The third-order valence-corrected chi connectivity index (χ3v) is 5.23. The van der Waals surface area contributed by atoms with Crippen molar-refractivity contribution in [1.82, 2.24) is 10.2 Å². The fourth-order valence-corrected chi connectivity index (χ4v) is 3.62. The first kappa shape index (κ1) is 21.0. The van der Waals surface area contributed by atoms with Gasteiger partial charge in [0.15, 0.2) is 0 Å². The highest BCUT2D eigenvalue weighted by Gasteiger charge is 2.28. The van der Waals surface area contributed by atoms with Gasteiger partial charge in [-0.1, -0.05) is 62.4 Å². The lowest BCUT2D eigenvalue weighted by Gasteiger charge is -2.30. The van der Waals surface area contributed by atoms with Gasteiger partial charge in [-0.25, -0.2) is 0 Å². The Balaban J connectivity index is 2.14. The second kappa shape index (κ2) is 11.4. The van der Waals surface area contributed by atoms with Crippen molar-refractivity contribution in [3.05, 3.63) is 66.2 Å². The molecule has 2 rings (SSSR count). The molecule has 0 radical (unpaired) electrons. The lowest BCUT2D eigenvalue weighted by atomic mass is 10.1. The number of benzene rings is 2. The number of hydrogen-bond acceptors (Lipinski definition) is 3. The Morgan fingerprint density at radius 2 is 1.63 bits per heavy atom. The molecule has 27 heavy (non-hydrogen) atoms. The second-order valence-corrected chi connectivity index (χ2v) is 7.37. The van der Waals surface area contributed by atoms with E-state index in [9.17, 15) is 9.59 Å². The number of nitrogens with zero attached hydrogens (tertiary/aromatic N) is 1. The molecule has 1 atom stereocenters. The summed E-state index contributed by atoms with van der Waals surface area (Å²) in [5.41, 5.74) is 1.03. The predicted molar refractivity (Wildman–Crippen MR) is 112 cm³/mol. The van der Waals surface area contributed by atoms with Crippen molar-refractivity contribution in [3.8, 4) is 0 Å². The molecule has 1 N–H and O–H groups in total. The highest BCUT2D eigenvalue weighted by atomic mass is 32.2. The fraction of sp³-hybridized carbons (Fsp3) is 0.364. The Morgan fingerprint density at radius 3 is 2.22 bits per heavy atom. The first-order valence-electron chi connectivity index (χ1n) is 9.44. The van der Waals surface area contributed by atoms with E-state index in [0.29, 0.717) is 25.3 Å². The summed E-state index contributed by atoms with van der Waals surface area (Å²) in [6.07, 6.45) is 1.46. The Bertz CT molecular complexity index is 707. The molecule has 2 aromatic carbocycles. The molecule has 2 amide bonds. The minimum atomic E-state index is -0.458. The molecule has 5 heteroatoms. The van der Waals surface area contributed by atoms with Gasteiger partial charge in [0.25, 0.3) is 0 Å². The topological polar surface area (TPSA) is 49.4 Å². The van der Waals surface area contributed by atoms with Crippen molar-refractivity contribution in [2.45, 2.75) is 44.2 Å². The summed E-state index contributed by atoms with van der Waals surface area (Å²) < 4.78 is 0. The smallest absolute Gasteiger partial charge is 0.242 e. The Hall–Kier alpha value is -2.27. The number of amides is 2. The fourth-order valence-electron chi connectivity index (χ4n) is 2.81. The van der Waals surface area contributed by atoms with Crippen LogP contribution in [0.5, 0.6) is 0 Å². The number of thioether (sulfide) groups is 1. The number of nitrogens with one attached hydrogen (secondary N) is 1. The van der Waals surface area contributed by atoms with E-state index in [1.165, 1.54) is 11.8 Å². The summed E-state index contributed by atoms with van der Waals surface area (Å²) in [7, 11) is 0. The summed E-state index contributed by atoms with van der Waals surface area (Å²) in [5, 5.41) is 2.94. The average Bonchev–Trinajstić information content (AvgIpc) is 2.71. The van der Waals surface area contributed by atoms with E-state index in [0.717, 1.165) is 16.9 Å². The third-order valence-electron chi connectivity index (χ3n) is 4.24. The zero-order valence-corrected chi connectivity index (χ0v) is 16.9. The van der Waals surface area contributed by atoms with E-state index in [-0.39, 0.29) is 11.8 Å². The van der Waals surface area contributed by atoms with Gasteiger partial charge < -0.3 is 10.2 Å². The molecular formula is C22H28N2O2S. The van der Waals surface area contributed by atoms with Crippen LogP contribution in [-0.2, 0) is 16.1 Å². The van der Waals surface area contributed by atoms with E-state index in [1.807, 2.05) is 74.5 Å². The minimum absolute atomic E-state index is 0.0220. The first-order valence-corrected chi connectivity index (χ1v) is 10.4. The molecule has 0 fully saturated rings. The Kier molecular flexibility index (Phi) is 8.92. The Morgan fingerprint density at radius 1 is 1.00 bits per heavy atom. The maximum absolute atomic E-state index is 13.0. The summed E-state index contributed by atoms with van der Waals surface area (Å²) in [6, 6.07) is 19.2. The van der Waals surface area contributed by atoms with Gasteiger partial charge in [0.2, 0.25) is 11.8 Å². The molecule has 0 spiro atoms. The van der Waals surface area contributed by atoms with Gasteiger partial charge in [0, 0.05) is 18.0 Å². The van der Waals surface area contributed by atoms with Crippen LogP contribution in [0.15, 0.2) is 65.6 Å². The SMILES string of the molecule is CCCNC(=O)[C@@H](CC)N(Cc1ccccc1)C(=O)CSc1ccccc1. The first-order chi connectivity index (χ1) is 13.2. The molecule has 0 saturated heterocycles. The highest BCUT2D eigenvalue weighted by Crippen LogP contribution is 2.20. The van der Waals surface area contributed by atoms with Gasteiger partial charge in [-0.3, -0.25) is 9.59 Å². The van der Waals surface area contributed by atoms with Crippen LogP contribution in [0.3, 0.4) is 0 Å². The molecule has 4 nitrogen and oxygen atoms in total. The molecule has 0 saturated carbocycles. The normalized spacial score (nSPS) is 11.6. The van der Waals surface area contributed by atoms with Crippen molar-refractivity contribution in [2.75, 3.05) is 12.3 Å². The van der Waals surface area contributed by atoms with E-state index < -0.39 is 6.04 Å². The summed E-state index contributed by atoms with van der Waals surface area (Å²) in [6.45, 7) is 5.03. The number of carbonyl (C=O) groups excluding carboxylic acids is 2. The van der Waals surface area contributed by atoms with Crippen molar-refractivity contribution in [1.29, 1.82) is 0 Å². The second-order valence-electron chi connectivity index (χ2n) is 6.32. The summed E-state index contributed by atoms with van der Waals surface area (Å²) >= 11 is 1.50. The lowest BCUT2D eigenvalue weighted by molar-refractivity contribution is -0.139. The van der Waals surface area contributed by atoms with Crippen LogP contribution >= 0.6 is 11.8 Å². The zero-order valence-electron chi connectivity index (χ0n) is 16.1. The predicted octanol–water partition coefficient (Wildman–Crippen LogP) is 4.11. The third kappa shape index (κ3) is 6.75. The van der Waals surface area contributed by atoms with Crippen LogP contribution in [0.1, 0.15) is 32.3 Å². The number of carbonyl (C=O) groups is 2. The summed E-state index contributed by atoms with van der Waals surface area (Å²) in [5.74, 6) is 0.216. The monoisotopic (exact) mass is 384 g/mol. The van der Waals surface area contributed by atoms with E-state index in [4.69, 9.17) is 0 Å². The quantitative estimate of drug-likeness (QED) is 0.627. The van der Waals surface area contributed by atoms with E-state index >= 15 is 0 Å². The maximum Gasteiger partial charge on any atom is 0.242 e.